The van der Waals surface area contributed by atoms with Gasteiger partial charge in [0.2, 0.25) is 11.6 Å². The topological polar surface area (TPSA) is 43.4 Å². The van der Waals surface area contributed by atoms with Crippen molar-refractivity contribution in [1.82, 2.24) is 0 Å². The monoisotopic (exact) mass is 268 g/mol. The Morgan fingerprint density at radius 3 is 1.53 bits per heavy atom. The Morgan fingerprint density at radius 1 is 0.737 bits per heavy atom. The highest BCUT2D eigenvalue weighted by Crippen LogP contribution is 2.22. The number of rotatable bonds is 10. The molecular formula is C16H28O3. The second-order valence-corrected chi connectivity index (χ2v) is 5.54. The van der Waals surface area contributed by atoms with Crippen LogP contribution in [0.2, 0.25) is 0 Å². The molecule has 2 atom stereocenters. The van der Waals surface area contributed by atoms with Crippen molar-refractivity contribution < 1.29 is 14.3 Å². The van der Waals surface area contributed by atoms with Gasteiger partial charge in [0, 0.05) is 0 Å². The van der Waals surface area contributed by atoms with Gasteiger partial charge in [0.25, 0.3) is 0 Å². The van der Waals surface area contributed by atoms with Gasteiger partial charge in [-0.3, -0.25) is 9.59 Å². The third kappa shape index (κ3) is 5.43. The fourth-order valence-corrected chi connectivity index (χ4v) is 2.55. The highest BCUT2D eigenvalue weighted by molar-refractivity contribution is 6.42. The van der Waals surface area contributed by atoms with E-state index in [-0.39, 0.29) is 11.6 Å². The van der Waals surface area contributed by atoms with Crippen molar-refractivity contribution in [3.8, 4) is 0 Å². The molecule has 0 spiro atoms. The molecule has 0 aromatic carbocycles. The molecular weight excluding hydrogens is 240 g/mol. The normalized spacial score (nSPS) is 23.3. The van der Waals surface area contributed by atoms with Crippen molar-refractivity contribution >= 4 is 11.6 Å². The lowest BCUT2D eigenvalue weighted by atomic mass is 10.0. The van der Waals surface area contributed by atoms with E-state index in [9.17, 15) is 9.59 Å². The number of Topliss-reactive ketones (excluding diaryl/α,β-unsaturated/α-hetero) is 2. The maximum absolute atomic E-state index is 11.8. The number of carbonyl (C=O) groups excluding carboxylic acids is 2. The lowest BCUT2D eigenvalue weighted by Gasteiger charge is -2.10. The summed E-state index contributed by atoms with van der Waals surface area (Å²) in [4.78, 5) is 23.6. The molecule has 0 aromatic heterocycles. The predicted molar refractivity (Wildman–Crippen MR) is 76.2 cm³/mol. The molecule has 0 amide bonds. The molecule has 1 saturated heterocycles. The van der Waals surface area contributed by atoms with Crippen molar-refractivity contribution in [2.75, 3.05) is 0 Å². The molecule has 0 saturated carbocycles. The van der Waals surface area contributed by atoms with Crippen molar-refractivity contribution in [2.45, 2.75) is 90.3 Å². The number of hydrogen-bond acceptors (Lipinski definition) is 3. The van der Waals surface area contributed by atoms with Crippen LogP contribution in [-0.2, 0) is 14.3 Å². The van der Waals surface area contributed by atoms with Crippen molar-refractivity contribution in [1.29, 1.82) is 0 Å². The van der Waals surface area contributed by atoms with E-state index >= 15 is 0 Å². The second-order valence-electron chi connectivity index (χ2n) is 5.54. The number of ether oxygens (including phenoxy) is 1. The van der Waals surface area contributed by atoms with Crippen LogP contribution in [0, 0.1) is 0 Å². The number of ketones is 2. The Hall–Kier alpha value is -0.700. The third-order valence-electron chi connectivity index (χ3n) is 3.80. The van der Waals surface area contributed by atoms with Crippen LogP contribution in [0.25, 0.3) is 0 Å². The van der Waals surface area contributed by atoms with E-state index in [4.69, 9.17) is 4.74 Å². The first-order valence-electron chi connectivity index (χ1n) is 7.94. The van der Waals surface area contributed by atoms with Crippen LogP contribution in [0.4, 0.5) is 0 Å². The highest BCUT2D eigenvalue weighted by atomic mass is 16.5. The summed E-state index contributed by atoms with van der Waals surface area (Å²) in [5, 5.41) is 0. The second kappa shape index (κ2) is 9.24. The zero-order chi connectivity index (χ0) is 14.1. The minimum absolute atomic E-state index is 0.281. The van der Waals surface area contributed by atoms with Gasteiger partial charge in [0.15, 0.2) is 0 Å². The predicted octanol–water partition coefficient (Wildman–Crippen LogP) is 3.83. The maximum atomic E-state index is 11.8. The van der Waals surface area contributed by atoms with Crippen LogP contribution >= 0.6 is 0 Å². The average Bonchev–Trinajstić information content (AvgIpc) is 2.68. The lowest BCUT2D eigenvalue weighted by Crippen LogP contribution is -2.21. The Kier molecular flexibility index (Phi) is 7.96. The first-order valence-corrected chi connectivity index (χ1v) is 7.94. The minimum Gasteiger partial charge on any atom is -0.358 e. The first kappa shape index (κ1) is 16.4. The molecule has 1 heterocycles. The van der Waals surface area contributed by atoms with Gasteiger partial charge in [-0.15, -0.1) is 0 Å². The van der Waals surface area contributed by atoms with E-state index in [1.165, 1.54) is 25.7 Å². The Bertz CT molecular complexity index is 258. The smallest absolute Gasteiger partial charge is 0.229 e. The van der Waals surface area contributed by atoms with Crippen molar-refractivity contribution in [3.63, 3.8) is 0 Å². The fourth-order valence-electron chi connectivity index (χ4n) is 2.55. The molecule has 1 rings (SSSR count). The molecule has 0 radical (unpaired) electrons. The number of carbonyl (C=O) groups is 2. The Labute approximate surface area is 117 Å². The molecule has 0 aliphatic carbocycles. The van der Waals surface area contributed by atoms with Gasteiger partial charge in [0.05, 0.1) is 0 Å². The largest absolute Gasteiger partial charge is 0.358 e. The van der Waals surface area contributed by atoms with E-state index in [1.54, 1.807) is 0 Å². The van der Waals surface area contributed by atoms with Crippen LogP contribution in [0.15, 0.2) is 0 Å². The zero-order valence-electron chi connectivity index (χ0n) is 12.5. The molecule has 0 aromatic rings. The fraction of sp³-hybridized carbons (Fsp3) is 0.875. The highest BCUT2D eigenvalue weighted by Gasteiger charge is 2.40. The Morgan fingerprint density at radius 2 is 1.16 bits per heavy atom. The van der Waals surface area contributed by atoms with Crippen LogP contribution in [0.1, 0.15) is 78.1 Å². The van der Waals surface area contributed by atoms with Gasteiger partial charge in [-0.1, -0.05) is 65.2 Å². The molecule has 0 bridgehead atoms. The standard InChI is InChI=1S/C16H28O3/c1-3-5-7-9-11-13-15(17)16(18)14(19-13)12-10-8-6-4-2/h13-14H,3-12H2,1-2H3. The molecule has 3 nitrogen and oxygen atoms in total. The van der Waals surface area contributed by atoms with Crippen LogP contribution in [-0.4, -0.2) is 23.8 Å². The summed E-state index contributed by atoms with van der Waals surface area (Å²) in [5.74, 6) is -0.561. The summed E-state index contributed by atoms with van der Waals surface area (Å²) in [6.07, 6.45) is 9.51. The van der Waals surface area contributed by atoms with Crippen LogP contribution in [0.3, 0.4) is 0 Å². The lowest BCUT2D eigenvalue weighted by molar-refractivity contribution is -0.135. The molecule has 3 heteroatoms. The molecule has 19 heavy (non-hydrogen) atoms. The van der Waals surface area contributed by atoms with E-state index in [1.807, 2.05) is 0 Å². The van der Waals surface area contributed by atoms with E-state index in [0.29, 0.717) is 0 Å². The van der Waals surface area contributed by atoms with E-state index in [0.717, 1.165) is 38.5 Å². The van der Waals surface area contributed by atoms with Crippen molar-refractivity contribution in [2.24, 2.45) is 0 Å². The SMILES string of the molecule is CCCCCCC1OC(CCCCCC)C(=O)C1=O. The molecule has 2 unspecified atom stereocenters. The van der Waals surface area contributed by atoms with Crippen molar-refractivity contribution in [3.05, 3.63) is 0 Å². The quantitative estimate of drug-likeness (QED) is 0.446. The summed E-state index contributed by atoms with van der Waals surface area (Å²) >= 11 is 0. The molecule has 1 fully saturated rings. The van der Waals surface area contributed by atoms with Gasteiger partial charge in [-0.2, -0.15) is 0 Å². The summed E-state index contributed by atoms with van der Waals surface area (Å²) in [6.45, 7) is 4.32. The van der Waals surface area contributed by atoms with Gasteiger partial charge in [-0.05, 0) is 12.8 Å². The third-order valence-corrected chi connectivity index (χ3v) is 3.80. The maximum Gasteiger partial charge on any atom is 0.229 e. The van der Waals surface area contributed by atoms with E-state index in [2.05, 4.69) is 13.8 Å². The number of unbranched alkanes of at least 4 members (excludes halogenated alkanes) is 6. The zero-order valence-corrected chi connectivity index (χ0v) is 12.5. The van der Waals surface area contributed by atoms with Gasteiger partial charge >= 0.3 is 0 Å². The summed E-state index contributed by atoms with van der Waals surface area (Å²) in [6, 6.07) is 0. The van der Waals surface area contributed by atoms with Crippen LogP contribution in [0.5, 0.6) is 0 Å². The molecule has 1 aliphatic heterocycles. The van der Waals surface area contributed by atoms with Gasteiger partial charge in [-0.25, -0.2) is 0 Å². The van der Waals surface area contributed by atoms with Gasteiger partial charge in [0.1, 0.15) is 12.2 Å². The Balaban J connectivity index is 2.26. The first-order chi connectivity index (χ1) is 9.20. The summed E-state index contributed by atoms with van der Waals surface area (Å²) in [5.41, 5.74) is 0. The average molecular weight is 268 g/mol. The molecule has 110 valence electrons. The van der Waals surface area contributed by atoms with Crippen LogP contribution < -0.4 is 0 Å². The van der Waals surface area contributed by atoms with E-state index < -0.39 is 12.2 Å². The summed E-state index contributed by atoms with van der Waals surface area (Å²) in [7, 11) is 0. The minimum atomic E-state index is -0.444. The molecule has 1 aliphatic rings. The van der Waals surface area contributed by atoms with Gasteiger partial charge < -0.3 is 4.74 Å². The number of hydrogen-bond donors (Lipinski definition) is 0. The summed E-state index contributed by atoms with van der Waals surface area (Å²) < 4.78 is 5.65. The molecule has 0 N–H and O–H groups in total.